The van der Waals surface area contributed by atoms with E-state index in [1.807, 2.05) is 12.1 Å². The third-order valence-corrected chi connectivity index (χ3v) is 6.52. The van der Waals surface area contributed by atoms with Crippen LogP contribution in [0.3, 0.4) is 0 Å². The van der Waals surface area contributed by atoms with Gasteiger partial charge in [0.05, 0.1) is 0 Å². The van der Waals surface area contributed by atoms with E-state index in [0.29, 0.717) is 29.2 Å². The number of fused-ring (bicyclic) bond motifs is 5. The van der Waals surface area contributed by atoms with E-state index in [1.165, 1.54) is 11.1 Å². The van der Waals surface area contributed by atoms with Crippen LogP contribution in [0.15, 0.2) is 23.4 Å². The summed E-state index contributed by atoms with van der Waals surface area (Å²) in [7, 11) is 0. The molecule has 0 spiro atoms. The molecule has 3 nitrogen and oxygen atoms in total. The maximum Gasteiger partial charge on any atom is 0.139 e. The first-order valence-corrected chi connectivity index (χ1v) is 8.13. The standard InChI is InChI=1S/C18H21NO2/c1-18-9-8-14-13-5-3-12(19-21)10-11(13)2-4-15(14)16(18)6-7-17(18)20/h3,5,10,14-16H,2,4,6-9H2,1H3. The van der Waals surface area contributed by atoms with Crippen molar-refractivity contribution in [2.24, 2.45) is 22.4 Å². The predicted octanol–water partition coefficient (Wildman–Crippen LogP) is 4.51. The number of aryl methyl sites for hydroxylation is 1. The van der Waals surface area contributed by atoms with Gasteiger partial charge in [-0.05, 0) is 78.3 Å². The first-order valence-electron chi connectivity index (χ1n) is 8.13. The summed E-state index contributed by atoms with van der Waals surface area (Å²) in [5, 5.41) is 3.06. The van der Waals surface area contributed by atoms with Gasteiger partial charge in [-0.2, -0.15) is 0 Å². The Labute approximate surface area is 125 Å². The zero-order valence-corrected chi connectivity index (χ0v) is 12.5. The van der Waals surface area contributed by atoms with Gasteiger partial charge in [0.2, 0.25) is 0 Å². The highest BCUT2D eigenvalue weighted by atomic mass is 16.3. The Morgan fingerprint density at radius 2 is 2.05 bits per heavy atom. The number of nitrogens with zero attached hydrogens (tertiary/aromatic N) is 1. The molecule has 4 rings (SSSR count). The van der Waals surface area contributed by atoms with Crippen LogP contribution in [0.2, 0.25) is 0 Å². The lowest BCUT2D eigenvalue weighted by Gasteiger charge is -2.48. The summed E-state index contributed by atoms with van der Waals surface area (Å²) in [4.78, 5) is 23.0. The third-order valence-electron chi connectivity index (χ3n) is 6.52. The van der Waals surface area contributed by atoms with Crippen LogP contribution in [-0.2, 0) is 11.2 Å². The highest BCUT2D eigenvalue weighted by Gasteiger charge is 2.54. The summed E-state index contributed by atoms with van der Waals surface area (Å²) in [6.07, 6.45) is 6.20. The molecule has 3 aliphatic carbocycles. The highest BCUT2D eigenvalue weighted by Crippen LogP contribution is 2.59. The van der Waals surface area contributed by atoms with Gasteiger partial charge in [-0.25, -0.2) is 0 Å². The molecule has 0 aliphatic heterocycles. The first-order chi connectivity index (χ1) is 10.1. The molecule has 0 aromatic heterocycles. The van der Waals surface area contributed by atoms with Crippen molar-refractivity contribution in [3.05, 3.63) is 34.2 Å². The molecule has 0 N–H and O–H groups in total. The van der Waals surface area contributed by atoms with Crippen molar-refractivity contribution in [3.8, 4) is 0 Å². The van der Waals surface area contributed by atoms with E-state index in [0.717, 1.165) is 38.5 Å². The average Bonchev–Trinajstić information content (AvgIpc) is 2.82. The average molecular weight is 283 g/mol. The predicted molar refractivity (Wildman–Crippen MR) is 81.5 cm³/mol. The second-order valence-corrected chi connectivity index (χ2v) is 7.31. The van der Waals surface area contributed by atoms with Gasteiger partial charge in [0.25, 0.3) is 0 Å². The van der Waals surface area contributed by atoms with Gasteiger partial charge < -0.3 is 0 Å². The topological polar surface area (TPSA) is 46.5 Å². The van der Waals surface area contributed by atoms with Crippen LogP contribution < -0.4 is 0 Å². The highest BCUT2D eigenvalue weighted by molar-refractivity contribution is 5.87. The summed E-state index contributed by atoms with van der Waals surface area (Å²) < 4.78 is 0. The molecule has 2 saturated carbocycles. The first kappa shape index (κ1) is 13.2. The quantitative estimate of drug-likeness (QED) is 0.712. The number of ketones is 1. The van der Waals surface area contributed by atoms with E-state index in [9.17, 15) is 9.70 Å². The Bertz CT molecular complexity index is 624. The molecule has 3 heteroatoms. The van der Waals surface area contributed by atoms with Crippen molar-refractivity contribution < 1.29 is 4.79 Å². The molecule has 0 heterocycles. The van der Waals surface area contributed by atoms with Crippen LogP contribution >= 0.6 is 0 Å². The van der Waals surface area contributed by atoms with E-state index < -0.39 is 0 Å². The molecular weight excluding hydrogens is 262 g/mol. The Morgan fingerprint density at radius 1 is 1.19 bits per heavy atom. The van der Waals surface area contributed by atoms with Crippen LogP contribution in [0.5, 0.6) is 0 Å². The van der Waals surface area contributed by atoms with Gasteiger partial charge in [-0.1, -0.05) is 13.0 Å². The fraction of sp³-hybridized carbons (Fsp3) is 0.611. The summed E-state index contributed by atoms with van der Waals surface area (Å²) in [5.74, 6) is 2.30. The van der Waals surface area contributed by atoms with Gasteiger partial charge in [0.15, 0.2) is 0 Å². The van der Waals surface area contributed by atoms with Crippen molar-refractivity contribution in [2.75, 3.05) is 0 Å². The van der Waals surface area contributed by atoms with Crippen molar-refractivity contribution >= 4 is 11.5 Å². The van der Waals surface area contributed by atoms with Crippen molar-refractivity contribution in [2.45, 2.75) is 51.4 Å². The second kappa shape index (κ2) is 4.49. The summed E-state index contributed by atoms with van der Waals surface area (Å²) in [6, 6.07) is 5.93. The van der Waals surface area contributed by atoms with Gasteiger partial charge in [0.1, 0.15) is 11.5 Å². The van der Waals surface area contributed by atoms with Crippen LogP contribution in [-0.4, -0.2) is 5.78 Å². The fourth-order valence-corrected chi connectivity index (χ4v) is 5.40. The van der Waals surface area contributed by atoms with Crippen LogP contribution in [0.4, 0.5) is 5.69 Å². The summed E-state index contributed by atoms with van der Waals surface area (Å²) in [6.45, 7) is 2.21. The van der Waals surface area contributed by atoms with Gasteiger partial charge in [0, 0.05) is 11.8 Å². The van der Waals surface area contributed by atoms with Gasteiger partial charge >= 0.3 is 0 Å². The van der Waals surface area contributed by atoms with E-state index in [2.05, 4.69) is 18.2 Å². The second-order valence-electron chi connectivity index (χ2n) is 7.31. The molecule has 0 saturated heterocycles. The van der Waals surface area contributed by atoms with Crippen LogP contribution in [0, 0.1) is 22.2 Å². The largest absolute Gasteiger partial charge is 0.299 e. The number of carbonyl (C=O) groups is 1. The number of Topliss-reactive ketones (excluding diaryl/α,β-unsaturated/α-hetero) is 1. The summed E-state index contributed by atoms with van der Waals surface area (Å²) >= 11 is 0. The number of nitroso groups, excluding NO2 is 1. The molecule has 0 radical (unpaired) electrons. The molecular formula is C18H21NO2. The third kappa shape index (κ3) is 1.76. The van der Waals surface area contributed by atoms with E-state index in [-0.39, 0.29) is 5.41 Å². The van der Waals surface area contributed by atoms with E-state index in [4.69, 9.17) is 0 Å². The summed E-state index contributed by atoms with van der Waals surface area (Å²) in [5.41, 5.74) is 3.22. The molecule has 110 valence electrons. The number of hydrogen-bond acceptors (Lipinski definition) is 3. The molecule has 3 aliphatic rings. The Hall–Kier alpha value is -1.51. The smallest absolute Gasteiger partial charge is 0.139 e. The lowest BCUT2D eigenvalue weighted by atomic mass is 9.55. The van der Waals surface area contributed by atoms with E-state index >= 15 is 0 Å². The number of benzene rings is 1. The normalized spacial score (nSPS) is 37.6. The minimum absolute atomic E-state index is 0.0526. The SMILES string of the molecule is CC12CCC3c4ccc(N=O)cc4CCC3C1CCC2=O. The number of carbonyl (C=O) groups excluding carboxylic acids is 1. The zero-order valence-electron chi connectivity index (χ0n) is 12.5. The van der Waals surface area contributed by atoms with Gasteiger partial charge in [-0.3, -0.25) is 4.79 Å². The van der Waals surface area contributed by atoms with Crippen LogP contribution in [0.1, 0.15) is 56.1 Å². The molecule has 4 atom stereocenters. The maximum atomic E-state index is 12.3. The van der Waals surface area contributed by atoms with Crippen molar-refractivity contribution in [3.63, 3.8) is 0 Å². The molecule has 21 heavy (non-hydrogen) atoms. The molecule has 1 aromatic carbocycles. The lowest BCUT2D eigenvalue weighted by Crippen LogP contribution is -2.42. The minimum atomic E-state index is -0.0526. The Morgan fingerprint density at radius 3 is 2.86 bits per heavy atom. The van der Waals surface area contributed by atoms with Crippen LogP contribution in [0.25, 0.3) is 0 Å². The van der Waals surface area contributed by atoms with Gasteiger partial charge in [-0.15, -0.1) is 4.91 Å². The van der Waals surface area contributed by atoms with E-state index in [1.54, 1.807) is 0 Å². The molecule has 4 unspecified atom stereocenters. The molecule has 0 bridgehead atoms. The minimum Gasteiger partial charge on any atom is -0.299 e. The fourth-order valence-electron chi connectivity index (χ4n) is 5.40. The Balaban J connectivity index is 1.71. The number of rotatable bonds is 1. The molecule has 2 fully saturated rings. The van der Waals surface area contributed by atoms with Crippen molar-refractivity contribution in [1.82, 2.24) is 0 Å². The molecule has 0 amide bonds. The number of hydrogen-bond donors (Lipinski definition) is 0. The monoisotopic (exact) mass is 283 g/mol. The Kier molecular flexibility index (Phi) is 2.82. The zero-order chi connectivity index (χ0) is 14.6. The van der Waals surface area contributed by atoms with Crippen molar-refractivity contribution in [1.29, 1.82) is 0 Å². The molecule has 1 aromatic rings. The lowest BCUT2D eigenvalue weighted by molar-refractivity contribution is -0.129. The maximum absolute atomic E-state index is 12.3.